The highest BCUT2D eigenvalue weighted by Crippen LogP contribution is 2.30. The maximum absolute atomic E-state index is 10.9. The molecule has 0 aromatic heterocycles. The first kappa shape index (κ1) is 14.2. The van der Waals surface area contributed by atoms with Gasteiger partial charge in [-0.1, -0.05) is 19.2 Å². The smallest absolute Gasteiger partial charge is 0.140 e. The van der Waals surface area contributed by atoms with Crippen LogP contribution in [0, 0.1) is 0 Å². The topological polar surface area (TPSA) is 20.3 Å². The molecule has 0 aromatic rings. The Kier molecular flexibility index (Phi) is 5.61. The summed E-state index contributed by atoms with van der Waals surface area (Å²) in [7, 11) is 1.89. The molecule has 0 aromatic carbocycles. The Morgan fingerprint density at radius 1 is 1.47 bits per heavy atom. The maximum atomic E-state index is 10.9. The van der Waals surface area contributed by atoms with E-state index in [-0.39, 0.29) is 0 Å². The molecule has 2 nitrogen and oxygen atoms in total. The van der Waals surface area contributed by atoms with Crippen LogP contribution >= 0.6 is 11.9 Å². The van der Waals surface area contributed by atoms with Gasteiger partial charge in [0.05, 0.1) is 5.54 Å². The zero-order valence-electron chi connectivity index (χ0n) is 9.91. The second kappa shape index (κ2) is 5.93. The summed E-state index contributed by atoms with van der Waals surface area (Å²) in [6.07, 6.45) is 4.55. The fourth-order valence-electron chi connectivity index (χ4n) is 0.697. The highest BCUT2D eigenvalue weighted by molar-refractivity contribution is 8.01. The summed E-state index contributed by atoms with van der Waals surface area (Å²) in [4.78, 5) is 11.9. The molecule has 0 aliphatic carbocycles. The molecule has 0 saturated carbocycles. The predicted molar refractivity (Wildman–Crippen MR) is 68.6 cm³/mol. The van der Waals surface area contributed by atoms with Gasteiger partial charge in [-0.15, -0.1) is 0 Å². The third-order valence-electron chi connectivity index (χ3n) is 2.03. The molecule has 0 rings (SSSR count). The SMILES string of the molecule is C=C/C=C(/SN(C)C(C)(C)C=O)C(=C)C. The van der Waals surface area contributed by atoms with Gasteiger partial charge in [-0.05, 0) is 51.4 Å². The van der Waals surface area contributed by atoms with E-state index < -0.39 is 5.54 Å². The summed E-state index contributed by atoms with van der Waals surface area (Å²) in [5.41, 5.74) is 0.480. The van der Waals surface area contributed by atoms with Gasteiger partial charge in [-0.25, -0.2) is 4.31 Å². The van der Waals surface area contributed by atoms with Crippen molar-refractivity contribution in [3.05, 3.63) is 35.8 Å². The summed E-state index contributed by atoms with van der Waals surface area (Å²) in [6.45, 7) is 13.2. The highest BCUT2D eigenvalue weighted by atomic mass is 32.2. The second-order valence-electron chi connectivity index (χ2n) is 3.91. The van der Waals surface area contributed by atoms with Crippen LogP contribution in [0.4, 0.5) is 0 Å². The van der Waals surface area contributed by atoms with Crippen molar-refractivity contribution < 1.29 is 4.79 Å². The van der Waals surface area contributed by atoms with Crippen molar-refractivity contribution in [2.24, 2.45) is 0 Å². The van der Waals surface area contributed by atoms with Gasteiger partial charge in [0.25, 0.3) is 0 Å². The molecule has 0 atom stereocenters. The molecule has 0 saturated heterocycles. The summed E-state index contributed by atoms with van der Waals surface area (Å²) >= 11 is 1.50. The van der Waals surface area contributed by atoms with Crippen molar-refractivity contribution in [2.45, 2.75) is 26.3 Å². The number of carbonyl (C=O) groups is 1. The summed E-state index contributed by atoms with van der Waals surface area (Å²) in [6, 6.07) is 0. The molecule has 0 aliphatic rings. The fourth-order valence-corrected chi connectivity index (χ4v) is 1.58. The van der Waals surface area contributed by atoms with Crippen LogP contribution < -0.4 is 0 Å². The molecule has 0 N–H and O–H groups in total. The van der Waals surface area contributed by atoms with Gasteiger partial charge in [0.2, 0.25) is 0 Å². The number of nitrogens with zero attached hydrogens (tertiary/aromatic N) is 1. The van der Waals surface area contributed by atoms with Crippen molar-refractivity contribution in [3.63, 3.8) is 0 Å². The van der Waals surface area contributed by atoms with E-state index in [0.717, 1.165) is 16.8 Å². The number of hydrogen-bond donors (Lipinski definition) is 0. The third kappa shape index (κ3) is 4.49. The van der Waals surface area contributed by atoms with E-state index in [1.165, 1.54) is 11.9 Å². The Hall–Kier alpha value is -0.800. The van der Waals surface area contributed by atoms with Crippen LogP contribution in [-0.2, 0) is 4.79 Å². The molecule has 0 spiro atoms. The second-order valence-corrected chi connectivity index (χ2v) is 5.08. The van der Waals surface area contributed by atoms with E-state index >= 15 is 0 Å². The van der Waals surface area contributed by atoms with E-state index in [4.69, 9.17) is 0 Å². The minimum absolute atomic E-state index is 0.486. The molecule has 0 heterocycles. The van der Waals surface area contributed by atoms with Gasteiger partial charge in [0, 0.05) is 4.91 Å². The summed E-state index contributed by atoms with van der Waals surface area (Å²) in [5.74, 6) is 0. The van der Waals surface area contributed by atoms with E-state index in [0.29, 0.717) is 0 Å². The normalized spacial score (nSPS) is 12.7. The van der Waals surface area contributed by atoms with E-state index in [1.54, 1.807) is 6.08 Å². The van der Waals surface area contributed by atoms with Crippen molar-refractivity contribution in [1.29, 1.82) is 0 Å². The van der Waals surface area contributed by atoms with Gasteiger partial charge >= 0.3 is 0 Å². The van der Waals surface area contributed by atoms with E-state index in [1.807, 2.05) is 38.2 Å². The van der Waals surface area contributed by atoms with Crippen molar-refractivity contribution in [3.8, 4) is 0 Å². The molecule has 3 heteroatoms. The highest BCUT2D eigenvalue weighted by Gasteiger charge is 2.24. The number of hydrogen-bond acceptors (Lipinski definition) is 3. The summed E-state index contributed by atoms with van der Waals surface area (Å²) < 4.78 is 1.91. The molecular weight excluding hydrogens is 206 g/mol. The van der Waals surface area contributed by atoms with E-state index in [2.05, 4.69) is 13.2 Å². The van der Waals surface area contributed by atoms with Crippen LogP contribution in [0.1, 0.15) is 20.8 Å². The van der Waals surface area contributed by atoms with Crippen molar-refractivity contribution in [2.75, 3.05) is 7.05 Å². The van der Waals surface area contributed by atoms with Crippen LogP contribution in [-0.4, -0.2) is 23.2 Å². The lowest BCUT2D eigenvalue weighted by atomic mass is 10.1. The average Bonchev–Trinajstić information content (AvgIpc) is 2.16. The van der Waals surface area contributed by atoms with Crippen LogP contribution in [0.3, 0.4) is 0 Å². The van der Waals surface area contributed by atoms with Gasteiger partial charge in [-0.2, -0.15) is 0 Å². The quantitative estimate of drug-likeness (QED) is 0.393. The lowest BCUT2D eigenvalue weighted by Gasteiger charge is -2.29. The Balaban J connectivity index is 4.70. The molecular formula is C12H19NOS. The van der Waals surface area contributed by atoms with Gasteiger partial charge in [0.1, 0.15) is 6.29 Å². The van der Waals surface area contributed by atoms with Gasteiger partial charge < -0.3 is 4.79 Å². The average molecular weight is 225 g/mol. The molecule has 15 heavy (non-hydrogen) atoms. The largest absolute Gasteiger partial charge is 0.301 e. The van der Waals surface area contributed by atoms with Crippen molar-refractivity contribution >= 4 is 18.2 Å². The summed E-state index contributed by atoms with van der Waals surface area (Å²) in [5, 5.41) is 0. The number of allylic oxidation sites excluding steroid dienone is 3. The lowest BCUT2D eigenvalue weighted by molar-refractivity contribution is -0.113. The molecule has 0 fully saturated rings. The zero-order chi connectivity index (χ0) is 12.1. The first-order chi connectivity index (χ1) is 6.85. The van der Waals surface area contributed by atoms with Crippen LogP contribution in [0.2, 0.25) is 0 Å². The first-order valence-electron chi connectivity index (χ1n) is 4.72. The minimum atomic E-state index is -0.486. The molecule has 0 unspecified atom stereocenters. The number of rotatable bonds is 6. The Morgan fingerprint density at radius 3 is 2.33 bits per heavy atom. The first-order valence-corrected chi connectivity index (χ1v) is 5.49. The molecule has 0 bridgehead atoms. The third-order valence-corrected chi connectivity index (χ3v) is 3.45. The monoisotopic (exact) mass is 225 g/mol. The lowest BCUT2D eigenvalue weighted by Crippen LogP contribution is -2.37. The predicted octanol–water partition coefficient (Wildman–Crippen LogP) is 3.19. The Morgan fingerprint density at radius 2 is 2.00 bits per heavy atom. The molecule has 84 valence electrons. The van der Waals surface area contributed by atoms with Gasteiger partial charge in [-0.3, -0.25) is 0 Å². The maximum Gasteiger partial charge on any atom is 0.140 e. The van der Waals surface area contributed by atoms with E-state index in [9.17, 15) is 4.79 Å². The number of likely N-dealkylation sites (N-methyl/N-ethyl adjacent to an activating group) is 1. The van der Waals surface area contributed by atoms with Crippen LogP contribution in [0.5, 0.6) is 0 Å². The number of carbonyl (C=O) groups excluding carboxylic acids is 1. The fraction of sp³-hybridized carbons (Fsp3) is 0.417. The van der Waals surface area contributed by atoms with Crippen LogP contribution in [0.25, 0.3) is 0 Å². The van der Waals surface area contributed by atoms with Gasteiger partial charge in [0.15, 0.2) is 0 Å². The zero-order valence-corrected chi connectivity index (χ0v) is 10.7. The van der Waals surface area contributed by atoms with Crippen LogP contribution in [0.15, 0.2) is 35.8 Å². The molecule has 0 aliphatic heterocycles. The Bertz CT molecular complexity index is 292. The Labute approximate surface area is 96.9 Å². The standard InChI is InChI=1S/C12H19NOS/c1-7-8-11(10(2)3)15-13(6)12(4,5)9-14/h7-9H,1-2H2,3-6H3/b11-8+. The number of aldehydes is 1. The molecule has 0 radical (unpaired) electrons. The van der Waals surface area contributed by atoms with Crippen molar-refractivity contribution in [1.82, 2.24) is 4.31 Å². The minimum Gasteiger partial charge on any atom is -0.301 e. The molecule has 0 amide bonds.